The van der Waals surface area contributed by atoms with Crippen LogP contribution in [0.25, 0.3) is 0 Å². The highest BCUT2D eigenvalue weighted by atomic mass is 16.5. The molecule has 1 atom stereocenters. The molecular formula is C21H33N3O3. The van der Waals surface area contributed by atoms with Crippen molar-refractivity contribution in [3.8, 4) is 11.5 Å². The number of benzene rings is 1. The fourth-order valence-electron chi connectivity index (χ4n) is 4.13. The second kappa shape index (κ2) is 8.83. The molecule has 150 valence electrons. The Bertz CT molecular complexity index is 634. The summed E-state index contributed by atoms with van der Waals surface area (Å²) in [4.78, 5) is 7.08. The molecule has 6 heteroatoms. The molecule has 1 unspecified atom stereocenters. The van der Waals surface area contributed by atoms with Crippen LogP contribution in [0.5, 0.6) is 11.5 Å². The Labute approximate surface area is 162 Å². The zero-order valence-corrected chi connectivity index (χ0v) is 16.8. The molecule has 0 spiro atoms. The topological polar surface area (TPSA) is 66.3 Å². The molecule has 0 amide bonds. The summed E-state index contributed by atoms with van der Waals surface area (Å²) in [5.74, 6) is 2.97. The number of hydrogen-bond acceptors (Lipinski definition) is 4. The summed E-state index contributed by atoms with van der Waals surface area (Å²) in [7, 11) is 3.37. The SMILES string of the molecule is CCNC(=NCC1(O)CCCC1)N1CCC(c2cc(OC)cc(OC)c2)C1. The molecule has 1 saturated carbocycles. The van der Waals surface area contributed by atoms with Crippen molar-refractivity contribution < 1.29 is 14.6 Å². The Kier molecular flexibility index (Phi) is 6.47. The highest BCUT2D eigenvalue weighted by Gasteiger charge is 2.32. The Morgan fingerprint density at radius 3 is 2.48 bits per heavy atom. The van der Waals surface area contributed by atoms with Crippen LogP contribution in [0.4, 0.5) is 0 Å². The van der Waals surface area contributed by atoms with E-state index in [4.69, 9.17) is 14.5 Å². The Balaban J connectivity index is 1.70. The molecule has 0 bridgehead atoms. The molecule has 6 nitrogen and oxygen atoms in total. The van der Waals surface area contributed by atoms with Gasteiger partial charge in [0.1, 0.15) is 11.5 Å². The largest absolute Gasteiger partial charge is 0.497 e. The number of aliphatic hydroxyl groups is 1. The zero-order valence-electron chi connectivity index (χ0n) is 16.8. The van der Waals surface area contributed by atoms with Gasteiger partial charge in [-0.1, -0.05) is 12.8 Å². The van der Waals surface area contributed by atoms with E-state index in [1.54, 1.807) is 14.2 Å². The third kappa shape index (κ3) is 4.86. The quantitative estimate of drug-likeness (QED) is 0.591. The van der Waals surface area contributed by atoms with Gasteiger partial charge in [-0.2, -0.15) is 0 Å². The van der Waals surface area contributed by atoms with Crippen LogP contribution in [0.15, 0.2) is 23.2 Å². The lowest BCUT2D eigenvalue weighted by atomic mass is 9.98. The lowest BCUT2D eigenvalue weighted by Gasteiger charge is -2.25. The Hall–Kier alpha value is -1.95. The molecule has 0 radical (unpaired) electrons. The monoisotopic (exact) mass is 375 g/mol. The minimum absolute atomic E-state index is 0.410. The van der Waals surface area contributed by atoms with Crippen LogP contribution in [0.2, 0.25) is 0 Å². The van der Waals surface area contributed by atoms with Gasteiger partial charge in [0.15, 0.2) is 5.96 Å². The normalized spacial score (nSPS) is 22.1. The van der Waals surface area contributed by atoms with Gasteiger partial charge in [0, 0.05) is 31.6 Å². The summed E-state index contributed by atoms with van der Waals surface area (Å²) in [5, 5.41) is 14.0. The summed E-state index contributed by atoms with van der Waals surface area (Å²) in [6.07, 6.45) is 4.99. The molecule has 3 rings (SSSR count). The molecule has 27 heavy (non-hydrogen) atoms. The van der Waals surface area contributed by atoms with Crippen molar-refractivity contribution in [3.05, 3.63) is 23.8 Å². The standard InChI is InChI=1S/C21H33N3O3/c1-4-22-20(23-15-21(25)8-5-6-9-21)24-10-7-16(14-24)17-11-18(26-2)13-19(12-17)27-3/h11-13,16,25H,4-10,14-15H2,1-3H3,(H,22,23). The molecule has 1 aliphatic heterocycles. The highest BCUT2D eigenvalue weighted by Crippen LogP contribution is 2.33. The summed E-state index contributed by atoms with van der Waals surface area (Å²) in [5.41, 5.74) is 0.624. The van der Waals surface area contributed by atoms with Crippen molar-refractivity contribution in [2.24, 2.45) is 4.99 Å². The molecule has 1 saturated heterocycles. The van der Waals surface area contributed by atoms with Crippen LogP contribution in [-0.2, 0) is 0 Å². The predicted octanol–water partition coefficient (Wildman–Crippen LogP) is 2.76. The third-order valence-electron chi connectivity index (χ3n) is 5.73. The van der Waals surface area contributed by atoms with Gasteiger partial charge in [-0.25, -0.2) is 0 Å². The van der Waals surface area contributed by atoms with E-state index in [1.165, 1.54) is 5.56 Å². The van der Waals surface area contributed by atoms with Gasteiger partial charge in [0.2, 0.25) is 0 Å². The summed E-state index contributed by atoms with van der Waals surface area (Å²) >= 11 is 0. The maximum atomic E-state index is 10.6. The third-order valence-corrected chi connectivity index (χ3v) is 5.73. The number of aliphatic imine (C=N–C) groups is 1. The van der Waals surface area contributed by atoms with E-state index in [9.17, 15) is 5.11 Å². The van der Waals surface area contributed by atoms with E-state index in [2.05, 4.69) is 29.3 Å². The zero-order chi connectivity index (χ0) is 19.3. The molecular weight excluding hydrogens is 342 g/mol. The first kappa shape index (κ1) is 19.8. The number of nitrogens with one attached hydrogen (secondary N) is 1. The molecule has 2 fully saturated rings. The van der Waals surface area contributed by atoms with Crippen molar-refractivity contribution in [3.63, 3.8) is 0 Å². The Morgan fingerprint density at radius 1 is 1.22 bits per heavy atom. The Morgan fingerprint density at radius 2 is 1.89 bits per heavy atom. The molecule has 2 N–H and O–H groups in total. The first-order chi connectivity index (χ1) is 13.1. The van der Waals surface area contributed by atoms with Gasteiger partial charge in [0.05, 0.1) is 26.4 Å². The van der Waals surface area contributed by atoms with Crippen LogP contribution in [-0.4, -0.2) is 62.0 Å². The molecule has 0 aromatic heterocycles. The van der Waals surface area contributed by atoms with Gasteiger partial charge in [-0.15, -0.1) is 0 Å². The second-order valence-electron chi connectivity index (χ2n) is 7.68. The molecule has 1 aromatic carbocycles. The van der Waals surface area contributed by atoms with Crippen LogP contribution < -0.4 is 14.8 Å². The lowest BCUT2D eigenvalue weighted by molar-refractivity contribution is 0.0572. The smallest absolute Gasteiger partial charge is 0.194 e. The van der Waals surface area contributed by atoms with Crippen molar-refractivity contribution in [1.29, 1.82) is 0 Å². The van der Waals surface area contributed by atoms with E-state index >= 15 is 0 Å². The average Bonchev–Trinajstić information content (AvgIpc) is 3.34. The van der Waals surface area contributed by atoms with Crippen LogP contribution in [0.3, 0.4) is 0 Å². The number of rotatable bonds is 6. The molecule has 1 heterocycles. The molecule has 2 aliphatic rings. The van der Waals surface area contributed by atoms with E-state index < -0.39 is 5.60 Å². The number of guanidine groups is 1. The first-order valence-electron chi connectivity index (χ1n) is 10.1. The minimum Gasteiger partial charge on any atom is -0.497 e. The maximum absolute atomic E-state index is 10.6. The van der Waals surface area contributed by atoms with Crippen molar-refractivity contribution >= 4 is 5.96 Å². The van der Waals surface area contributed by atoms with E-state index in [-0.39, 0.29) is 0 Å². The number of likely N-dealkylation sites (tertiary alicyclic amines) is 1. The predicted molar refractivity (Wildman–Crippen MR) is 108 cm³/mol. The maximum Gasteiger partial charge on any atom is 0.194 e. The van der Waals surface area contributed by atoms with E-state index in [0.717, 1.165) is 69.2 Å². The fourth-order valence-corrected chi connectivity index (χ4v) is 4.13. The lowest BCUT2D eigenvalue weighted by Crippen LogP contribution is -2.41. The van der Waals surface area contributed by atoms with Crippen LogP contribution >= 0.6 is 0 Å². The van der Waals surface area contributed by atoms with Gasteiger partial charge < -0.3 is 24.8 Å². The highest BCUT2D eigenvalue weighted by molar-refractivity contribution is 5.80. The molecule has 1 aromatic rings. The second-order valence-corrected chi connectivity index (χ2v) is 7.68. The van der Waals surface area contributed by atoms with Crippen molar-refractivity contribution in [1.82, 2.24) is 10.2 Å². The van der Waals surface area contributed by atoms with Crippen LogP contribution in [0, 0.1) is 0 Å². The summed E-state index contributed by atoms with van der Waals surface area (Å²) in [6, 6.07) is 6.11. The molecule has 1 aliphatic carbocycles. The number of ether oxygens (including phenoxy) is 2. The average molecular weight is 376 g/mol. The number of methoxy groups -OCH3 is 2. The number of hydrogen-bond donors (Lipinski definition) is 2. The van der Waals surface area contributed by atoms with Gasteiger partial charge in [-0.3, -0.25) is 4.99 Å². The summed E-state index contributed by atoms with van der Waals surface area (Å²) < 4.78 is 10.8. The summed E-state index contributed by atoms with van der Waals surface area (Å²) in [6.45, 7) is 5.25. The fraction of sp³-hybridized carbons (Fsp3) is 0.667. The minimum atomic E-state index is -0.611. The van der Waals surface area contributed by atoms with Crippen molar-refractivity contribution in [2.45, 2.75) is 50.5 Å². The number of nitrogens with zero attached hydrogens (tertiary/aromatic N) is 2. The first-order valence-corrected chi connectivity index (χ1v) is 10.1. The van der Waals surface area contributed by atoms with Crippen molar-refractivity contribution in [2.75, 3.05) is 40.4 Å². The van der Waals surface area contributed by atoms with Crippen LogP contribution in [0.1, 0.15) is 50.5 Å². The van der Waals surface area contributed by atoms with Gasteiger partial charge >= 0.3 is 0 Å². The van der Waals surface area contributed by atoms with Gasteiger partial charge in [0.25, 0.3) is 0 Å². The van der Waals surface area contributed by atoms with E-state index in [1.807, 2.05) is 6.07 Å². The van der Waals surface area contributed by atoms with E-state index in [0.29, 0.717) is 12.5 Å². The van der Waals surface area contributed by atoms with Gasteiger partial charge in [-0.05, 0) is 43.9 Å².